The van der Waals surface area contributed by atoms with E-state index in [-0.39, 0.29) is 10.8 Å². The van der Waals surface area contributed by atoms with E-state index in [2.05, 4.69) is 46.8 Å². The third-order valence-electron chi connectivity index (χ3n) is 5.87. The van der Waals surface area contributed by atoms with Gasteiger partial charge >= 0.3 is 0 Å². The molecule has 0 aliphatic heterocycles. The first-order valence-corrected chi connectivity index (χ1v) is 8.99. The minimum atomic E-state index is 0.136. The third-order valence-corrected chi connectivity index (χ3v) is 5.87. The smallest absolute Gasteiger partial charge is 0.150 e. The maximum atomic E-state index is 11.6. The Morgan fingerprint density at radius 1 is 1.00 bits per heavy atom. The molecule has 0 radical (unpaired) electrons. The molecular weight excluding hydrogens is 308 g/mol. The fourth-order valence-corrected chi connectivity index (χ4v) is 4.10. The van der Waals surface area contributed by atoms with E-state index in [0.29, 0.717) is 5.56 Å². The molecule has 0 atom stereocenters. The first kappa shape index (κ1) is 17.7. The standard InChI is InChI=1S/C23H28O2/c1-15-12-18-19(23(4,5)11-10-22(18,2)3)13-17(15)21-16(14-24)8-7-9-20(21)25-6/h7-9,12-14H,10-11H2,1-6H3. The molecule has 0 saturated carbocycles. The lowest BCUT2D eigenvalue weighted by Gasteiger charge is -2.42. The number of hydrogen-bond acceptors (Lipinski definition) is 2. The lowest BCUT2D eigenvalue weighted by molar-refractivity contribution is 0.112. The Balaban J connectivity index is 2.33. The van der Waals surface area contributed by atoms with E-state index in [1.807, 2.05) is 18.2 Å². The van der Waals surface area contributed by atoms with Crippen molar-refractivity contribution in [3.63, 3.8) is 0 Å². The van der Waals surface area contributed by atoms with Crippen LogP contribution in [0.3, 0.4) is 0 Å². The summed E-state index contributed by atoms with van der Waals surface area (Å²) >= 11 is 0. The van der Waals surface area contributed by atoms with Crippen LogP contribution in [0.25, 0.3) is 11.1 Å². The van der Waals surface area contributed by atoms with E-state index < -0.39 is 0 Å². The van der Waals surface area contributed by atoms with Gasteiger partial charge in [-0.15, -0.1) is 0 Å². The van der Waals surface area contributed by atoms with Crippen molar-refractivity contribution < 1.29 is 9.53 Å². The minimum absolute atomic E-state index is 0.136. The Kier molecular flexibility index (Phi) is 4.26. The van der Waals surface area contributed by atoms with Crippen LogP contribution in [0.2, 0.25) is 0 Å². The number of benzene rings is 2. The minimum Gasteiger partial charge on any atom is -0.496 e. The zero-order valence-electron chi connectivity index (χ0n) is 16.2. The Hall–Kier alpha value is -2.09. The van der Waals surface area contributed by atoms with Gasteiger partial charge in [-0.1, -0.05) is 45.9 Å². The van der Waals surface area contributed by atoms with Crippen molar-refractivity contribution >= 4 is 6.29 Å². The van der Waals surface area contributed by atoms with E-state index >= 15 is 0 Å². The third kappa shape index (κ3) is 2.88. The van der Waals surface area contributed by atoms with Crippen LogP contribution in [0.1, 0.15) is 67.6 Å². The highest BCUT2D eigenvalue weighted by Crippen LogP contribution is 2.48. The predicted molar refractivity (Wildman–Crippen MR) is 104 cm³/mol. The zero-order valence-corrected chi connectivity index (χ0v) is 16.2. The number of carbonyl (C=O) groups is 1. The van der Waals surface area contributed by atoms with Crippen molar-refractivity contribution in [2.24, 2.45) is 0 Å². The monoisotopic (exact) mass is 336 g/mol. The van der Waals surface area contributed by atoms with Crippen LogP contribution in [0.5, 0.6) is 5.75 Å². The van der Waals surface area contributed by atoms with Gasteiger partial charge in [0.1, 0.15) is 5.75 Å². The molecule has 0 N–H and O–H groups in total. The molecule has 3 rings (SSSR count). The highest BCUT2D eigenvalue weighted by molar-refractivity contribution is 5.91. The highest BCUT2D eigenvalue weighted by Gasteiger charge is 2.37. The van der Waals surface area contributed by atoms with Crippen molar-refractivity contribution in [3.05, 3.63) is 52.6 Å². The van der Waals surface area contributed by atoms with Crippen molar-refractivity contribution in [2.75, 3.05) is 7.11 Å². The summed E-state index contributed by atoms with van der Waals surface area (Å²) in [5.74, 6) is 0.750. The number of hydrogen-bond donors (Lipinski definition) is 0. The molecule has 2 aromatic rings. The molecule has 0 amide bonds. The first-order valence-electron chi connectivity index (χ1n) is 8.99. The van der Waals surface area contributed by atoms with Gasteiger partial charge in [-0.05, 0) is 65.0 Å². The van der Waals surface area contributed by atoms with Gasteiger partial charge in [-0.2, -0.15) is 0 Å². The molecular formula is C23H28O2. The number of carbonyl (C=O) groups excluding carboxylic acids is 1. The van der Waals surface area contributed by atoms with Gasteiger partial charge in [0.05, 0.1) is 7.11 Å². The second-order valence-corrected chi connectivity index (χ2v) is 8.52. The van der Waals surface area contributed by atoms with Crippen molar-refractivity contribution in [1.29, 1.82) is 0 Å². The number of aldehydes is 1. The summed E-state index contributed by atoms with van der Waals surface area (Å²) in [5.41, 5.74) is 7.02. The fourth-order valence-electron chi connectivity index (χ4n) is 4.10. The second kappa shape index (κ2) is 6.01. The molecule has 0 unspecified atom stereocenters. The summed E-state index contributed by atoms with van der Waals surface area (Å²) in [6.45, 7) is 11.4. The van der Waals surface area contributed by atoms with Gasteiger partial charge in [0, 0.05) is 11.1 Å². The SMILES string of the molecule is COc1cccc(C=O)c1-c1cc2c(cc1C)C(C)(C)CCC2(C)C. The van der Waals surface area contributed by atoms with E-state index in [1.165, 1.54) is 29.5 Å². The van der Waals surface area contributed by atoms with Crippen LogP contribution in [-0.4, -0.2) is 13.4 Å². The normalized spacial score (nSPS) is 17.7. The van der Waals surface area contributed by atoms with E-state index in [4.69, 9.17) is 4.74 Å². The Morgan fingerprint density at radius 2 is 1.60 bits per heavy atom. The van der Waals surface area contributed by atoms with E-state index in [9.17, 15) is 4.79 Å². The second-order valence-electron chi connectivity index (χ2n) is 8.52. The predicted octanol–water partition coefficient (Wildman–Crippen LogP) is 5.83. The largest absolute Gasteiger partial charge is 0.496 e. The molecule has 25 heavy (non-hydrogen) atoms. The molecule has 0 saturated heterocycles. The quantitative estimate of drug-likeness (QED) is 0.659. The fraction of sp³-hybridized carbons (Fsp3) is 0.435. The maximum absolute atomic E-state index is 11.6. The van der Waals surface area contributed by atoms with Gasteiger partial charge in [-0.25, -0.2) is 0 Å². The molecule has 0 heterocycles. The van der Waals surface area contributed by atoms with Gasteiger partial charge in [0.15, 0.2) is 6.29 Å². The van der Waals surface area contributed by atoms with Crippen molar-refractivity contribution in [2.45, 2.75) is 58.3 Å². The summed E-state index contributed by atoms with van der Waals surface area (Å²) in [6, 6.07) is 10.3. The molecule has 1 aliphatic rings. The summed E-state index contributed by atoms with van der Waals surface area (Å²) in [7, 11) is 1.66. The molecule has 2 aromatic carbocycles. The molecule has 2 heteroatoms. The van der Waals surface area contributed by atoms with Crippen LogP contribution in [0.15, 0.2) is 30.3 Å². The average Bonchev–Trinajstić information content (AvgIpc) is 2.58. The number of rotatable bonds is 3. The molecule has 132 valence electrons. The first-order chi connectivity index (χ1) is 11.7. The summed E-state index contributed by atoms with van der Waals surface area (Å²) < 4.78 is 5.58. The van der Waals surface area contributed by atoms with Crippen molar-refractivity contribution in [1.82, 2.24) is 0 Å². The summed E-state index contributed by atoms with van der Waals surface area (Å²) in [6.07, 6.45) is 3.29. The maximum Gasteiger partial charge on any atom is 0.150 e. The highest BCUT2D eigenvalue weighted by atomic mass is 16.5. The van der Waals surface area contributed by atoms with Gasteiger partial charge in [0.25, 0.3) is 0 Å². The van der Waals surface area contributed by atoms with E-state index in [0.717, 1.165) is 23.2 Å². The summed E-state index contributed by atoms with van der Waals surface area (Å²) in [5, 5.41) is 0. The Morgan fingerprint density at radius 3 is 2.16 bits per heavy atom. The van der Waals surface area contributed by atoms with Crippen LogP contribution >= 0.6 is 0 Å². The van der Waals surface area contributed by atoms with Crippen LogP contribution < -0.4 is 4.74 Å². The average molecular weight is 336 g/mol. The van der Waals surface area contributed by atoms with E-state index in [1.54, 1.807) is 7.11 Å². The number of fused-ring (bicyclic) bond motifs is 1. The van der Waals surface area contributed by atoms with Crippen molar-refractivity contribution in [3.8, 4) is 16.9 Å². The van der Waals surface area contributed by atoms with Crippen LogP contribution in [0.4, 0.5) is 0 Å². The van der Waals surface area contributed by atoms with Gasteiger partial charge < -0.3 is 4.74 Å². The van der Waals surface area contributed by atoms with Crippen LogP contribution in [0, 0.1) is 6.92 Å². The number of ether oxygens (including phenoxy) is 1. The topological polar surface area (TPSA) is 26.3 Å². The van der Waals surface area contributed by atoms with Gasteiger partial charge in [-0.3, -0.25) is 4.79 Å². The zero-order chi connectivity index (χ0) is 18.4. The lowest BCUT2D eigenvalue weighted by atomic mass is 9.62. The van der Waals surface area contributed by atoms with Gasteiger partial charge in [0.2, 0.25) is 0 Å². The lowest BCUT2D eigenvalue weighted by Crippen LogP contribution is -2.34. The van der Waals surface area contributed by atoms with Crippen LogP contribution in [-0.2, 0) is 10.8 Å². The molecule has 2 nitrogen and oxygen atoms in total. The molecule has 0 spiro atoms. The number of methoxy groups -OCH3 is 1. The number of aryl methyl sites for hydroxylation is 1. The molecule has 1 aliphatic carbocycles. The molecule has 0 bridgehead atoms. The Bertz CT molecular complexity index is 828. The molecule has 0 fully saturated rings. The molecule has 0 aromatic heterocycles. The Labute approximate surface area is 151 Å². The summed E-state index contributed by atoms with van der Waals surface area (Å²) in [4.78, 5) is 11.6.